The summed E-state index contributed by atoms with van der Waals surface area (Å²) in [4.78, 5) is 4.65. The van der Waals surface area contributed by atoms with Gasteiger partial charge in [0.15, 0.2) is 5.96 Å². The van der Waals surface area contributed by atoms with Crippen LogP contribution in [0.3, 0.4) is 0 Å². The molecule has 0 aromatic rings. The second kappa shape index (κ2) is 11.3. The van der Waals surface area contributed by atoms with Gasteiger partial charge in [0, 0.05) is 45.4 Å². The highest BCUT2D eigenvalue weighted by molar-refractivity contribution is 14.0. The number of ether oxygens (including phenoxy) is 1. The van der Waals surface area contributed by atoms with Crippen molar-refractivity contribution in [3.8, 4) is 0 Å². The number of hydrogen-bond donors (Lipinski definition) is 2. The molecule has 0 aromatic carbocycles. The van der Waals surface area contributed by atoms with Gasteiger partial charge in [-0.2, -0.15) is 17.5 Å². The Morgan fingerprint density at radius 1 is 1.24 bits per heavy atom. The van der Waals surface area contributed by atoms with Crippen LogP contribution in [0.25, 0.3) is 0 Å². The van der Waals surface area contributed by atoms with Gasteiger partial charge < -0.3 is 15.4 Å². The Balaban J connectivity index is 0.00000420. The van der Waals surface area contributed by atoms with Gasteiger partial charge in [-0.25, -0.2) is 8.42 Å². The molecule has 172 valence electrons. The van der Waals surface area contributed by atoms with Crippen LogP contribution < -0.4 is 10.6 Å². The normalized spacial score (nSPS) is 20.8. The van der Waals surface area contributed by atoms with E-state index in [0.717, 1.165) is 25.9 Å². The minimum Gasteiger partial charge on any atom is -0.382 e. The predicted octanol–water partition coefficient (Wildman–Crippen LogP) is 2.68. The first-order chi connectivity index (χ1) is 13.1. The molecule has 0 unspecified atom stereocenters. The fraction of sp³-hybridized carbons (Fsp3) is 0.941. The molecule has 0 aromatic heterocycles. The Morgan fingerprint density at radius 3 is 2.34 bits per heavy atom. The molecule has 2 rings (SSSR count). The third-order valence-corrected chi connectivity index (χ3v) is 6.91. The van der Waals surface area contributed by atoms with Gasteiger partial charge in [0.2, 0.25) is 0 Å². The average Bonchev–Trinajstić information content (AvgIpc) is 3.40. The fourth-order valence-corrected chi connectivity index (χ4v) is 4.23. The lowest BCUT2D eigenvalue weighted by Gasteiger charge is -2.32. The van der Waals surface area contributed by atoms with Crippen molar-refractivity contribution in [1.29, 1.82) is 0 Å². The first-order valence-corrected chi connectivity index (χ1v) is 11.3. The number of nitrogens with one attached hydrogen (secondary N) is 2. The van der Waals surface area contributed by atoms with Gasteiger partial charge in [-0.15, -0.1) is 24.0 Å². The minimum atomic E-state index is -5.25. The highest BCUT2D eigenvalue weighted by Crippen LogP contribution is 2.49. The lowest BCUT2D eigenvalue weighted by atomic mass is 10.0. The van der Waals surface area contributed by atoms with Gasteiger partial charge in [0.25, 0.3) is 0 Å². The van der Waals surface area contributed by atoms with E-state index in [9.17, 15) is 21.6 Å². The summed E-state index contributed by atoms with van der Waals surface area (Å²) in [7, 11) is -5.25. The van der Waals surface area contributed by atoms with Crippen molar-refractivity contribution < 1.29 is 26.3 Å². The summed E-state index contributed by atoms with van der Waals surface area (Å²) in [6.45, 7) is 6.37. The second-order valence-corrected chi connectivity index (χ2v) is 9.34. The van der Waals surface area contributed by atoms with Crippen LogP contribution in [0.5, 0.6) is 0 Å². The molecule has 29 heavy (non-hydrogen) atoms. The lowest BCUT2D eigenvalue weighted by Crippen LogP contribution is -2.51. The maximum atomic E-state index is 12.7. The lowest BCUT2D eigenvalue weighted by molar-refractivity contribution is -0.0494. The maximum absolute atomic E-state index is 12.7. The molecule has 1 aliphatic carbocycles. The van der Waals surface area contributed by atoms with E-state index < -0.39 is 15.5 Å². The molecule has 7 nitrogen and oxygen atoms in total. The number of halogens is 4. The van der Waals surface area contributed by atoms with Crippen LogP contribution in [0.4, 0.5) is 13.2 Å². The van der Waals surface area contributed by atoms with Crippen LogP contribution in [-0.4, -0.2) is 69.6 Å². The molecule has 2 aliphatic rings. The summed E-state index contributed by atoms with van der Waals surface area (Å²) >= 11 is 0. The van der Waals surface area contributed by atoms with Crippen LogP contribution in [0.15, 0.2) is 4.99 Å². The number of aliphatic imine (C=N–C) groups is 1. The van der Waals surface area contributed by atoms with E-state index in [0.29, 0.717) is 42.8 Å². The van der Waals surface area contributed by atoms with E-state index in [1.54, 1.807) is 0 Å². The zero-order chi connectivity index (χ0) is 20.8. The number of sulfonamides is 1. The van der Waals surface area contributed by atoms with Gasteiger partial charge >= 0.3 is 15.5 Å². The molecular weight excluding hydrogens is 524 g/mol. The molecule has 2 fully saturated rings. The van der Waals surface area contributed by atoms with Crippen molar-refractivity contribution in [3.05, 3.63) is 0 Å². The number of alkyl halides is 3. The predicted molar refractivity (Wildman–Crippen MR) is 117 cm³/mol. The van der Waals surface area contributed by atoms with Crippen molar-refractivity contribution >= 4 is 40.0 Å². The smallest absolute Gasteiger partial charge is 0.382 e. The Kier molecular flexibility index (Phi) is 10.4. The van der Waals surface area contributed by atoms with Gasteiger partial charge in [0.05, 0.1) is 0 Å². The van der Waals surface area contributed by atoms with E-state index in [1.165, 1.54) is 0 Å². The molecule has 0 spiro atoms. The molecule has 0 atom stereocenters. The fourth-order valence-electron chi connectivity index (χ4n) is 3.24. The topological polar surface area (TPSA) is 83.0 Å². The molecule has 2 N–H and O–H groups in total. The van der Waals surface area contributed by atoms with Crippen molar-refractivity contribution in [3.63, 3.8) is 0 Å². The molecule has 1 heterocycles. The Bertz CT molecular complexity index is 634. The van der Waals surface area contributed by atoms with E-state index in [-0.39, 0.29) is 48.5 Å². The quantitative estimate of drug-likeness (QED) is 0.198. The molecule has 0 radical (unpaired) electrons. The van der Waals surface area contributed by atoms with E-state index >= 15 is 0 Å². The summed E-state index contributed by atoms with van der Waals surface area (Å²) in [6.07, 6.45) is 3.81. The van der Waals surface area contributed by atoms with E-state index in [4.69, 9.17) is 4.74 Å². The van der Waals surface area contributed by atoms with E-state index in [1.807, 2.05) is 13.8 Å². The third-order valence-electron chi connectivity index (χ3n) is 5.28. The largest absolute Gasteiger partial charge is 0.511 e. The number of piperidine rings is 1. The Labute approximate surface area is 188 Å². The number of rotatable bonds is 9. The van der Waals surface area contributed by atoms with E-state index in [2.05, 4.69) is 15.6 Å². The van der Waals surface area contributed by atoms with Crippen LogP contribution in [0.2, 0.25) is 0 Å². The van der Waals surface area contributed by atoms with Crippen molar-refractivity contribution in [2.75, 3.05) is 39.4 Å². The number of nitrogens with zero attached hydrogens (tertiary/aromatic N) is 2. The van der Waals surface area contributed by atoms with Gasteiger partial charge in [-0.1, -0.05) is 0 Å². The van der Waals surface area contributed by atoms with Crippen molar-refractivity contribution in [2.24, 2.45) is 10.4 Å². The monoisotopic (exact) mass is 556 g/mol. The highest BCUT2D eigenvalue weighted by Gasteiger charge is 2.50. The summed E-state index contributed by atoms with van der Waals surface area (Å²) in [5, 5.41) is 6.40. The molecular formula is C17H32F3IN4O3S. The first kappa shape index (κ1) is 26.7. The summed E-state index contributed by atoms with van der Waals surface area (Å²) in [6, 6.07) is -0.115. The summed E-state index contributed by atoms with van der Waals surface area (Å²) in [5.41, 5.74) is -5.05. The van der Waals surface area contributed by atoms with Crippen LogP contribution in [-0.2, 0) is 14.8 Å². The standard InChI is InChI=1S/C17H31F3N4O3S.HI/c1-3-21-15(22-13-16(7-8-16)9-12-27-4-2)23-14-5-10-24(11-6-14)28(25,26)17(18,19)20;/h14H,3-13H2,1-2H3,(H2,21,22,23);1H. The average molecular weight is 556 g/mol. The molecule has 1 aliphatic heterocycles. The van der Waals surface area contributed by atoms with Crippen molar-refractivity contribution in [2.45, 2.75) is 57.5 Å². The Hall–Kier alpha value is -0.340. The molecule has 0 bridgehead atoms. The van der Waals surface area contributed by atoms with Gasteiger partial charge in [-0.3, -0.25) is 4.99 Å². The SMILES string of the molecule is CCNC(=NCC1(CCOCC)CC1)NC1CCN(S(=O)(=O)C(F)(F)F)CC1.I. The molecule has 0 amide bonds. The molecule has 12 heteroatoms. The van der Waals surface area contributed by atoms with Crippen LogP contribution in [0.1, 0.15) is 46.0 Å². The maximum Gasteiger partial charge on any atom is 0.511 e. The second-order valence-electron chi connectivity index (χ2n) is 7.41. The third kappa shape index (κ3) is 7.69. The van der Waals surface area contributed by atoms with Crippen LogP contribution in [0, 0.1) is 5.41 Å². The first-order valence-electron chi connectivity index (χ1n) is 9.82. The molecule has 1 saturated carbocycles. The minimum absolute atomic E-state index is 0. The molecule has 1 saturated heterocycles. The Morgan fingerprint density at radius 2 is 1.86 bits per heavy atom. The van der Waals surface area contributed by atoms with Gasteiger partial charge in [-0.05, 0) is 51.4 Å². The van der Waals surface area contributed by atoms with Gasteiger partial charge in [0.1, 0.15) is 0 Å². The highest BCUT2D eigenvalue weighted by atomic mass is 127. The number of guanidine groups is 1. The summed E-state index contributed by atoms with van der Waals surface area (Å²) < 4.78 is 67.0. The van der Waals surface area contributed by atoms with Crippen LogP contribution >= 0.6 is 24.0 Å². The zero-order valence-corrected chi connectivity index (χ0v) is 20.1. The number of hydrogen-bond acceptors (Lipinski definition) is 4. The zero-order valence-electron chi connectivity index (χ0n) is 16.9. The summed E-state index contributed by atoms with van der Waals surface area (Å²) in [5.74, 6) is 0.627. The van der Waals surface area contributed by atoms with Crippen molar-refractivity contribution in [1.82, 2.24) is 14.9 Å².